The molecule has 0 atom stereocenters. The highest BCUT2D eigenvalue weighted by Crippen LogP contribution is 2.23. The van der Waals surface area contributed by atoms with Crippen LogP contribution in [0.25, 0.3) is 0 Å². The van der Waals surface area contributed by atoms with Crippen LogP contribution in [0.5, 0.6) is 0 Å². The number of sulfonamides is 1. The van der Waals surface area contributed by atoms with Gasteiger partial charge < -0.3 is 4.90 Å². The molecule has 0 bridgehead atoms. The van der Waals surface area contributed by atoms with Crippen molar-refractivity contribution in [3.63, 3.8) is 0 Å². The largest absolute Gasteiger partial charge is 0.348 e. The lowest BCUT2D eigenvalue weighted by atomic mass is 10.1. The molecule has 1 saturated heterocycles. The molecule has 6 nitrogen and oxygen atoms in total. The van der Waals surface area contributed by atoms with Crippen molar-refractivity contribution in [2.24, 2.45) is 0 Å². The van der Waals surface area contributed by atoms with Crippen LogP contribution in [0.15, 0.2) is 40.7 Å². The Kier molecular flexibility index (Phi) is 4.61. The molecule has 120 valence electrons. The Morgan fingerprint density at radius 2 is 2.04 bits per heavy atom. The third kappa shape index (κ3) is 3.52. The Bertz CT molecular complexity index is 804. The molecule has 2 heterocycles. The number of anilines is 1. The molecule has 0 spiro atoms. The van der Waals surface area contributed by atoms with E-state index in [0.717, 1.165) is 18.2 Å². The van der Waals surface area contributed by atoms with Crippen LogP contribution in [0.2, 0.25) is 0 Å². The summed E-state index contributed by atoms with van der Waals surface area (Å²) in [6, 6.07) is 8.07. The van der Waals surface area contributed by atoms with Gasteiger partial charge in [0, 0.05) is 30.7 Å². The first-order chi connectivity index (χ1) is 11.1. The molecule has 8 heteroatoms. The molecule has 0 amide bonds. The Hall–Kier alpha value is -1.95. The maximum absolute atomic E-state index is 12.5. The van der Waals surface area contributed by atoms with Gasteiger partial charge in [0.1, 0.15) is 6.07 Å². The number of nitrogens with one attached hydrogen (secondary N) is 1. The lowest BCUT2D eigenvalue weighted by molar-refractivity contribution is 0.459. The van der Waals surface area contributed by atoms with E-state index in [1.165, 1.54) is 12.1 Å². The topological polar surface area (TPSA) is 86.1 Å². The Balaban J connectivity index is 1.67. The SMILES string of the molecule is N#Cc1ccccc1S(=O)(=O)NC1CCN(c2nccs2)CC1. The monoisotopic (exact) mass is 348 g/mol. The van der Waals surface area contributed by atoms with Gasteiger partial charge in [0.25, 0.3) is 0 Å². The van der Waals surface area contributed by atoms with E-state index < -0.39 is 10.0 Å². The molecule has 1 N–H and O–H groups in total. The number of nitriles is 1. The van der Waals surface area contributed by atoms with Crippen LogP contribution in [0.1, 0.15) is 18.4 Å². The van der Waals surface area contributed by atoms with Gasteiger partial charge in [-0.15, -0.1) is 11.3 Å². The van der Waals surface area contributed by atoms with Crippen molar-refractivity contribution in [2.45, 2.75) is 23.8 Å². The van der Waals surface area contributed by atoms with E-state index in [1.807, 2.05) is 11.4 Å². The molecule has 0 saturated carbocycles. The minimum absolute atomic E-state index is 0.0462. The summed E-state index contributed by atoms with van der Waals surface area (Å²) in [4.78, 5) is 6.49. The molecule has 0 unspecified atom stereocenters. The van der Waals surface area contributed by atoms with Crippen molar-refractivity contribution in [2.75, 3.05) is 18.0 Å². The summed E-state index contributed by atoms with van der Waals surface area (Å²) >= 11 is 1.59. The summed E-state index contributed by atoms with van der Waals surface area (Å²) in [5.41, 5.74) is 0.167. The molecule has 23 heavy (non-hydrogen) atoms. The number of nitrogens with zero attached hydrogens (tertiary/aromatic N) is 3. The molecule has 0 aliphatic carbocycles. The molecule has 1 fully saturated rings. The summed E-state index contributed by atoms with van der Waals surface area (Å²) in [5.74, 6) is 0. The van der Waals surface area contributed by atoms with E-state index in [1.54, 1.807) is 29.7 Å². The smallest absolute Gasteiger partial charge is 0.242 e. The first-order valence-corrected chi connectivity index (χ1v) is 9.62. The predicted octanol–water partition coefficient (Wildman–Crippen LogP) is 1.96. The van der Waals surface area contributed by atoms with Gasteiger partial charge in [-0.25, -0.2) is 18.1 Å². The number of hydrogen-bond acceptors (Lipinski definition) is 6. The summed E-state index contributed by atoms with van der Waals surface area (Å²) in [6.07, 6.45) is 3.20. The summed E-state index contributed by atoms with van der Waals surface area (Å²) in [7, 11) is -3.68. The highest BCUT2D eigenvalue weighted by atomic mass is 32.2. The van der Waals surface area contributed by atoms with Gasteiger partial charge in [-0.05, 0) is 25.0 Å². The molecule has 1 aromatic heterocycles. The van der Waals surface area contributed by atoms with Gasteiger partial charge in [-0.2, -0.15) is 5.26 Å². The quantitative estimate of drug-likeness (QED) is 0.913. The number of piperidine rings is 1. The van der Waals surface area contributed by atoms with E-state index in [0.29, 0.717) is 12.8 Å². The third-order valence-corrected chi connectivity index (χ3v) is 6.21. The Labute approximate surface area is 139 Å². The maximum atomic E-state index is 12.5. The van der Waals surface area contributed by atoms with E-state index >= 15 is 0 Å². The van der Waals surface area contributed by atoms with Crippen LogP contribution in [0, 0.1) is 11.3 Å². The molecule has 1 aromatic carbocycles. The maximum Gasteiger partial charge on any atom is 0.242 e. The van der Waals surface area contributed by atoms with Crippen molar-refractivity contribution < 1.29 is 8.42 Å². The first-order valence-electron chi connectivity index (χ1n) is 7.26. The van der Waals surface area contributed by atoms with E-state index in [-0.39, 0.29) is 16.5 Å². The summed E-state index contributed by atoms with van der Waals surface area (Å²) in [6.45, 7) is 1.53. The zero-order chi connectivity index (χ0) is 16.3. The highest BCUT2D eigenvalue weighted by molar-refractivity contribution is 7.89. The third-order valence-electron chi connectivity index (χ3n) is 3.80. The standard InChI is InChI=1S/C15H16N4O2S2/c16-11-12-3-1-2-4-14(12)23(20,21)18-13-5-8-19(9-6-13)15-17-7-10-22-15/h1-4,7,10,13,18H,5-6,8-9H2. The first kappa shape index (κ1) is 15.9. The van der Waals surface area contributed by atoms with Crippen molar-refractivity contribution >= 4 is 26.5 Å². The van der Waals surface area contributed by atoms with Crippen LogP contribution in [0.3, 0.4) is 0 Å². The fourth-order valence-corrected chi connectivity index (χ4v) is 4.80. The molecule has 1 aliphatic heterocycles. The van der Waals surface area contributed by atoms with Crippen LogP contribution in [0.4, 0.5) is 5.13 Å². The minimum Gasteiger partial charge on any atom is -0.348 e. The van der Waals surface area contributed by atoms with Crippen LogP contribution >= 0.6 is 11.3 Å². The Morgan fingerprint density at radius 3 is 2.70 bits per heavy atom. The number of rotatable bonds is 4. The van der Waals surface area contributed by atoms with Gasteiger partial charge >= 0.3 is 0 Å². The molecule has 2 aromatic rings. The van der Waals surface area contributed by atoms with Crippen LogP contribution in [-0.2, 0) is 10.0 Å². The van der Waals surface area contributed by atoms with Gasteiger partial charge in [0.2, 0.25) is 10.0 Å². The molecular weight excluding hydrogens is 332 g/mol. The second kappa shape index (κ2) is 6.66. The molecule has 3 rings (SSSR count). The lowest BCUT2D eigenvalue weighted by Gasteiger charge is -2.32. The number of hydrogen-bond donors (Lipinski definition) is 1. The second-order valence-electron chi connectivity index (χ2n) is 5.31. The highest BCUT2D eigenvalue weighted by Gasteiger charge is 2.26. The fraction of sp³-hybridized carbons (Fsp3) is 0.333. The summed E-state index contributed by atoms with van der Waals surface area (Å²) in [5, 5.41) is 12.0. The van der Waals surface area contributed by atoms with Crippen molar-refractivity contribution in [1.82, 2.24) is 9.71 Å². The van der Waals surface area contributed by atoms with Crippen LogP contribution in [-0.4, -0.2) is 32.5 Å². The lowest BCUT2D eigenvalue weighted by Crippen LogP contribution is -2.44. The minimum atomic E-state index is -3.68. The van der Waals surface area contributed by atoms with Crippen molar-refractivity contribution in [3.8, 4) is 6.07 Å². The van der Waals surface area contributed by atoms with Gasteiger partial charge in [-0.3, -0.25) is 0 Å². The second-order valence-corrected chi connectivity index (χ2v) is 7.86. The fourth-order valence-electron chi connectivity index (χ4n) is 2.64. The average molecular weight is 348 g/mol. The number of aromatic nitrogens is 1. The average Bonchev–Trinajstić information content (AvgIpc) is 3.09. The predicted molar refractivity (Wildman–Crippen MR) is 88.8 cm³/mol. The summed E-state index contributed by atoms with van der Waals surface area (Å²) < 4.78 is 27.7. The molecular formula is C15H16N4O2S2. The van der Waals surface area contributed by atoms with E-state index in [2.05, 4.69) is 14.6 Å². The zero-order valence-corrected chi connectivity index (χ0v) is 14.0. The van der Waals surface area contributed by atoms with Crippen molar-refractivity contribution in [1.29, 1.82) is 5.26 Å². The zero-order valence-electron chi connectivity index (χ0n) is 12.3. The van der Waals surface area contributed by atoms with E-state index in [9.17, 15) is 8.42 Å². The van der Waals surface area contributed by atoms with E-state index in [4.69, 9.17) is 5.26 Å². The molecule has 0 radical (unpaired) electrons. The normalized spacial score (nSPS) is 16.2. The Morgan fingerprint density at radius 1 is 1.30 bits per heavy atom. The molecule has 1 aliphatic rings. The number of thiazole rings is 1. The van der Waals surface area contributed by atoms with Gasteiger partial charge in [0.05, 0.1) is 10.5 Å². The van der Waals surface area contributed by atoms with Gasteiger partial charge in [-0.1, -0.05) is 12.1 Å². The van der Waals surface area contributed by atoms with Crippen molar-refractivity contribution in [3.05, 3.63) is 41.4 Å². The van der Waals surface area contributed by atoms with Gasteiger partial charge in [0.15, 0.2) is 5.13 Å². The number of benzene rings is 1. The van der Waals surface area contributed by atoms with Crippen LogP contribution < -0.4 is 9.62 Å².